The molecule has 1 N–H and O–H groups in total. The Morgan fingerprint density at radius 3 is 3.06 bits per heavy atom. The number of rotatable bonds is 2. The van der Waals surface area contributed by atoms with Crippen molar-refractivity contribution in [2.45, 2.75) is 26.2 Å². The van der Waals surface area contributed by atoms with Crippen molar-refractivity contribution in [3.05, 3.63) is 23.7 Å². The third-order valence-electron chi connectivity index (χ3n) is 3.35. The lowest BCUT2D eigenvalue weighted by Gasteiger charge is -2.19. The molecule has 2 aromatic heterocycles. The minimum absolute atomic E-state index is 0.804. The molecule has 3 rings (SSSR count). The van der Waals surface area contributed by atoms with E-state index in [1.54, 1.807) is 0 Å². The summed E-state index contributed by atoms with van der Waals surface area (Å²) in [5, 5.41) is 0. The van der Waals surface area contributed by atoms with Crippen molar-refractivity contribution in [1.82, 2.24) is 15.0 Å². The van der Waals surface area contributed by atoms with Crippen LogP contribution in [0.4, 0.5) is 0 Å². The van der Waals surface area contributed by atoms with Crippen molar-refractivity contribution < 1.29 is 0 Å². The van der Waals surface area contributed by atoms with Gasteiger partial charge in [-0.1, -0.05) is 0 Å². The first-order valence-corrected chi connectivity index (χ1v) is 7.36. The molecule has 1 saturated heterocycles. The molecule has 0 unspecified atom stereocenters. The number of nitrogens with zero attached hydrogens (tertiary/aromatic N) is 2. The number of aromatic amines is 1. The Morgan fingerprint density at radius 1 is 1.41 bits per heavy atom. The van der Waals surface area contributed by atoms with Gasteiger partial charge in [0, 0.05) is 12.6 Å². The van der Waals surface area contributed by atoms with Gasteiger partial charge in [0.2, 0.25) is 0 Å². The van der Waals surface area contributed by atoms with E-state index in [0.717, 1.165) is 29.3 Å². The van der Waals surface area contributed by atoms with E-state index in [1.807, 2.05) is 6.20 Å². The molecule has 90 valence electrons. The fourth-order valence-electron chi connectivity index (χ4n) is 2.37. The summed E-state index contributed by atoms with van der Waals surface area (Å²) in [5.41, 5.74) is 3.11. The molecular formula is C13H17N3S. The summed E-state index contributed by atoms with van der Waals surface area (Å²) in [5.74, 6) is 4.53. The number of pyridine rings is 1. The fourth-order valence-corrected chi connectivity index (χ4v) is 3.58. The van der Waals surface area contributed by atoms with Crippen LogP contribution >= 0.6 is 11.8 Å². The van der Waals surface area contributed by atoms with Gasteiger partial charge in [-0.3, -0.25) is 0 Å². The van der Waals surface area contributed by atoms with E-state index in [1.165, 1.54) is 29.9 Å². The molecule has 17 heavy (non-hydrogen) atoms. The quantitative estimate of drug-likeness (QED) is 0.887. The van der Waals surface area contributed by atoms with E-state index in [-0.39, 0.29) is 0 Å². The molecule has 0 bridgehead atoms. The maximum absolute atomic E-state index is 4.57. The van der Waals surface area contributed by atoms with Crippen LogP contribution in [0.15, 0.2) is 12.3 Å². The highest BCUT2D eigenvalue weighted by Crippen LogP contribution is 2.25. The number of nitrogens with one attached hydrogen (secondary N) is 1. The summed E-state index contributed by atoms with van der Waals surface area (Å²) in [6.07, 6.45) is 5.61. The third-order valence-corrected chi connectivity index (χ3v) is 4.39. The Bertz CT molecular complexity index is 514. The van der Waals surface area contributed by atoms with Crippen molar-refractivity contribution >= 4 is 22.9 Å². The zero-order valence-electron chi connectivity index (χ0n) is 10.1. The van der Waals surface area contributed by atoms with Crippen LogP contribution in [-0.2, 0) is 6.42 Å². The second-order valence-corrected chi connectivity index (χ2v) is 6.05. The summed E-state index contributed by atoms with van der Waals surface area (Å²) in [4.78, 5) is 12.3. The van der Waals surface area contributed by atoms with Gasteiger partial charge in [0.25, 0.3) is 0 Å². The molecule has 0 aliphatic carbocycles. The lowest BCUT2D eigenvalue weighted by atomic mass is 9.99. The predicted octanol–water partition coefficient (Wildman–Crippen LogP) is 2.95. The van der Waals surface area contributed by atoms with Crippen LogP contribution in [0.1, 0.15) is 24.2 Å². The van der Waals surface area contributed by atoms with Crippen LogP contribution in [0.25, 0.3) is 11.2 Å². The maximum atomic E-state index is 4.57. The van der Waals surface area contributed by atoms with Gasteiger partial charge >= 0.3 is 0 Å². The summed E-state index contributed by atoms with van der Waals surface area (Å²) >= 11 is 2.07. The van der Waals surface area contributed by atoms with Crippen LogP contribution in [0.5, 0.6) is 0 Å². The van der Waals surface area contributed by atoms with Crippen molar-refractivity contribution in [2.24, 2.45) is 5.92 Å². The van der Waals surface area contributed by atoms with Crippen LogP contribution in [0, 0.1) is 12.8 Å². The highest BCUT2D eigenvalue weighted by molar-refractivity contribution is 7.99. The van der Waals surface area contributed by atoms with E-state index in [0.29, 0.717) is 0 Å². The van der Waals surface area contributed by atoms with E-state index in [2.05, 4.69) is 39.7 Å². The molecule has 2 aromatic rings. The first-order valence-electron chi connectivity index (χ1n) is 6.20. The molecule has 0 radical (unpaired) electrons. The maximum Gasteiger partial charge on any atom is 0.177 e. The molecule has 4 heteroatoms. The zero-order chi connectivity index (χ0) is 11.7. The summed E-state index contributed by atoms with van der Waals surface area (Å²) in [6.45, 7) is 2.06. The van der Waals surface area contributed by atoms with Gasteiger partial charge in [-0.25, -0.2) is 9.97 Å². The van der Waals surface area contributed by atoms with Gasteiger partial charge in [0.15, 0.2) is 5.65 Å². The molecule has 1 aliphatic rings. The number of imidazole rings is 1. The minimum Gasteiger partial charge on any atom is -0.341 e. The first kappa shape index (κ1) is 11.1. The van der Waals surface area contributed by atoms with Gasteiger partial charge in [-0.15, -0.1) is 0 Å². The Balaban J connectivity index is 1.80. The largest absolute Gasteiger partial charge is 0.341 e. The third kappa shape index (κ3) is 2.46. The van der Waals surface area contributed by atoms with Gasteiger partial charge in [-0.2, -0.15) is 11.8 Å². The molecule has 1 aliphatic heterocycles. The molecular weight excluding hydrogens is 230 g/mol. The molecule has 0 aromatic carbocycles. The minimum atomic E-state index is 0.804. The lowest BCUT2D eigenvalue weighted by molar-refractivity contribution is 0.478. The molecule has 0 amide bonds. The molecule has 0 atom stereocenters. The number of aryl methyl sites for hydroxylation is 1. The fraction of sp³-hybridized carbons (Fsp3) is 0.538. The second kappa shape index (κ2) is 4.69. The van der Waals surface area contributed by atoms with Gasteiger partial charge in [-0.05, 0) is 48.8 Å². The Hall–Kier alpha value is -1.03. The van der Waals surface area contributed by atoms with E-state index >= 15 is 0 Å². The standard InChI is InChI=1S/C13H17N3S/c1-9-6-11-13(14-8-9)16-12(15-11)7-10-2-4-17-5-3-10/h6,8,10H,2-5,7H2,1H3,(H,14,15,16). The second-order valence-electron chi connectivity index (χ2n) is 4.83. The predicted molar refractivity (Wildman–Crippen MR) is 72.4 cm³/mol. The van der Waals surface area contributed by atoms with Crippen molar-refractivity contribution in [1.29, 1.82) is 0 Å². The topological polar surface area (TPSA) is 41.6 Å². The van der Waals surface area contributed by atoms with Crippen molar-refractivity contribution in [3.8, 4) is 0 Å². The average molecular weight is 247 g/mol. The van der Waals surface area contributed by atoms with Crippen LogP contribution in [0.3, 0.4) is 0 Å². The molecule has 1 fully saturated rings. The first-order chi connectivity index (χ1) is 8.31. The summed E-state index contributed by atoms with van der Waals surface area (Å²) in [6, 6.07) is 2.12. The van der Waals surface area contributed by atoms with Gasteiger partial charge < -0.3 is 4.98 Å². The number of thioether (sulfide) groups is 1. The normalized spacial score (nSPS) is 17.7. The Labute approximate surface area is 105 Å². The molecule has 3 nitrogen and oxygen atoms in total. The summed E-state index contributed by atoms with van der Waals surface area (Å²) in [7, 11) is 0. The van der Waals surface area contributed by atoms with Crippen LogP contribution in [0.2, 0.25) is 0 Å². The Kier molecular flexibility index (Phi) is 3.05. The average Bonchev–Trinajstić information content (AvgIpc) is 2.71. The van der Waals surface area contributed by atoms with Crippen molar-refractivity contribution in [3.63, 3.8) is 0 Å². The number of hydrogen-bond acceptors (Lipinski definition) is 3. The molecule has 3 heterocycles. The number of hydrogen-bond donors (Lipinski definition) is 1. The number of fused-ring (bicyclic) bond motifs is 1. The lowest BCUT2D eigenvalue weighted by Crippen LogP contribution is -2.12. The van der Waals surface area contributed by atoms with Crippen LogP contribution in [-0.4, -0.2) is 26.5 Å². The highest BCUT2D eigenvalue weighted by Gasteiger charge is 2.16. The molecule has 0 spiro atoms. The van der Waals surface area contributed by atoms with E-state index < -0.39 is 0 Å². The SMILES string of the molecule is Cc1cnc2nc(CC3CCSCC3)[nH]c2c1. The van der Waals surface area contributed by atoms with E-state index in [9.17, 15) is 0 Å². The van der Waals surface area contributed by atoms with Crippen molar-refractivity contribution in [2.75, 3.05) is 11.5 Å². The van der Waals surface area contributed by atoms with Gasteiger partial charge in [0.05, 0.1) is 5.52 Å². The zero-order valence-corrected chi connectivity index (χ0v) is 10.9. The molecule has 0 saturated carbocycles. The Morgan fingerprint density at radius 2 is 2.24 bits per heavy atom. The smallest absolute Gasteiger partial charge is 0.177 e. The highest BCUT2D eigenvalue weighted by atomic mass is 32.2. The van der Waals surface area contributed by atoms with Gasteiger partial charge in [0.1, 0.15) is 5.82 Å². The van der Waals surface area contributed by atoms with Crippen LogP contribution < -0.4 is 0 Å². The summed E-state index contributed by atoms with van der Waals surface area (Å²) < 4.78 is 0. The number of H-pyrrole nitrogens is 1. The van der Waals surface area contributed by atoms with E-state index in [4.69, 9.17) is 0 Å². The monoisotopic (exact) mass is 247 g/mol. The number of aromatic nitrogens is 3.